The normalized spacial score (nSPS) is 21.6. The zero-order valence-electron chi connectivity index (χ0n) is 8.99. The van der Waals surface area contributed by atoms with Crippen LogP contribution in [0.5, 0.6) is 0 Å². The van der Waals surface area contributed by atoms with Gasteiger partial charge in [-0.05, 0) is 13.3 Å². The summed E-state index contributed by atoms with van der Waals surface area (Å²) in [6.45, 7) is 7.72. The monoisotopic (exact) mass is 194 g/mol. The van der Waals surface area contributed by atoms with Gasteiger partial charge >= 0.3 is 0 Å². The molecular formula is C11H18N2O. The number of nitriles is 1. The fourth-order valence-corrected chi connectivity index (χ4v) is 1.62. The summed E-state index contributed by atoms with van der Waals surface area (Å²) in [5.41, 5.74) is 0.879. The van der Waals surface area contributed by atoms with Gasteiger partial charge < -0.3 is 4.74 Å². The zero-order valence-corrected chi connectivity index (χ0v) is 8.99. The lowest BCUT2D eigenvalue weighted by Crippen LogP contribution is -2.41. The SMILES string of the molecule is CCC(C#N)=CC(C)N1CCOCC1. The molecule has 1 rings (SSSR count). The summed E-state index contributed by atoms with van der Waals surface area (Å²) in [6.07, 6.45) is 2.89. The van der Waals surface area contributed by atoms with Gasteiger partial charge in [0.25, 0.3) is 0 Å². The maximum atomic E-state index is 8.81. The molecule has 3 nitrogen and oxygen atoms in total. The molecule has 0 radical (unpaired) electrons. The topological polar surface area (TPSA) is 36.3 Å². The first-order chi connectivity index (χ1) is 6.77. The van der Waals surface area contributed by atoms with Crippen LogP contribution in [-0.2, 0) is 4.74 Å². The average Bonchev–Trinajstić information content (AvgIpc) is 2.26. The van der Waals surface area contributed by atoms with E-state index in [1.54, 1.807) is 0 Å². The van der Waals surface area contributed by atoms with Gasteiger partial charge in [-0.1, -0.05) is 13.0 Å². The van der Waals surface area contributed by atoms with E-state index >= 15 is 0 Å². The predicted molar refractivity (Wildman–Crippen MR) is 55.8 cm³/mol. The molecular weight excluding hydrogens is 176 g/mol. The summed E-state index contributed by atoms with van der Waals surface area (Å²) in [6, 6.07) is 2.58. The van der Waals surface area contributed by atoms with E-state index in [2.05, 4.69) is 24.0 Å². The molecule has 0 amide bonds. The van der Waals surface area contributed by atoms with Gasteiger partial charge in [0.15, 0.2) is 0 Å². The second kappa shape index (κ2) is 5.79. The third-order valence-corrected chi connectivity index (χ3v) is 2.59. The van der Waals surface area contributed by atoms with Crippen molar-refractivity contribution in [3.05, 3.63) is 11.6 Å². The van der Waals surface area contributed by atoms with Crippen LogP contribution >= 0.6 is 0 Å². The predicted octanol–water partition coefficient (Wildman–Crippen LogP) is 1.57. The first kappa shape index (κ1) is 11.2. The molecule has 3 heteroatoms. The van der Waals surface area contributed by atoms with Crippen LogP contribution < -0.4 is 0 Å². The lowest BCUT2D eigenvalue weighted by Gasteiger charge is -2.30. The lowest BCUT2D eigenvalue weighted by atomic mass is 10.1. The number of morpholine rings is 1. The molecule has 0 spiro atoms. The van der Waals surface area contributed by atoms with Crippen molar-refractivity contribution >= 4 is 0 Å². The molecule has 14 heavy (non-hydrogen) atoms. The Labute approximate surface area is 86.0 Å². The molecule has 0 N–H and O–H groups in total. The van der Waals surface area contributed by atoms with E-state index in [1.807, 2.05) is 6.92 Å². The fourth-order valence-electron chi connectivity index (χ4n) is 1.62. The fraction of sp³-hybridized carbons (Fsp3) is 0.727. The van der Waals surface area contributed by atoms with Crippen molar-refractivity contribution in [2.75, 3.05) is 26.3 Å². The van der Waals surface area contributed by atoms with Crippen LogP contribution in [0.2, 0.25) is 0 Å². The van der Waals surface area contributed by atoms with Crippen LogP contribution in [0, 0.1) is 11.3 Å². The summed E-state index contributed by atoms with van der Waals surface area (Å²) in [4.78, 5) is 2.34. The van der Waals surface area contributed by atoms with Gasteiger partial charge in [0.05, 0.1) is 19.3 Å². The Balaban J connectivity index is 2.51. The van der Waals surface area contributed by atoms with E-state index in [9.17, 15) is 0 Å². The number of rotatable bonds is 3. The van der Waals surface area contributed by atoms with Crippen LogP contribution in [0.3, 0.4) is 0 Å². The van der Waals surface area contributed by atoms with Gasteiger partial charge in [-0.25, -0.2) is 0 Å². The van der Waals surface area contributed by atoms with Gasteiger partial charge in [0.2, 0.25) is 0 Å². The highest BCUT2D eigenvalue weighted by atomic mass is 16.5. The molecule has 1 aliphatic heterocycles. The Hall–Kier alpha value is -0.850. The number of allylic oxidation sites excluding steroid dienone is 1. The quantitative estimate of drug-likeness (QED) is 0.640. The average molecular weight is 194 g/mol. The van der Waals surface area contributed by atoms with E-state index < -0.39 is 0 Å². The summed E-state index contributed by atoms with van der Waals surface area (Å²) in [7, 11) is 0. The van der Waals surface area contributed by atoms with E-state index in [0.717, 1.165) is 38.3 Å². The minimum atomic E-state index is 0.355. The highest BCUT2D eigenvalue weighted by Crippen LogP contribution is 2.08. The molecule has 0 aliphatic carbocycles. The minimum absolute atomic E-state index is 0.355. The van der Waals surface area contributed by atoms with E-state index in [-0.39, 0.29) is 0 Å². The van der Waals surface area contributed by atoms with E-state index in [0.29, 0.717) is 6.04 Å². The first-order valence-corrected chi connectivity index (χ1v) is 5.20. The molecule has 1 atom stereocenters. The summed E-state index contributed by atoms with van der Waals surface area (Å²) in [5.74, 6) is 0. The van der Waals surface area contributed by atoms with Crippen LogP contribution in [0.4, 0.5) is 0 Å². The van der Waals surface area contributed by atoms with Gasteiger partial charge in [-0.15, -0.1) is 0 Å². The smallest absolute Gasteiger partial charge is 0.0944 e. The van der Waals surface area contributed by atoms with Crippen molar-refractivity contribution in [3.63, 3.8) is 0 Å². The van der Waals surface area contributed by atoms with Crippen molar-refractivity contribution in [2.45, 2.75) is 26.3 Å². The van der Waals surface area contributed by atoms with Crippen LogP contribution in [-0.4, -0.2) is 37.2 Å². The number of ether oxygens (including phenoxy) is 1. The van der Waals surface area contributed by atoms with Crippen LogP contribution in [0.15, 0.2) is 11.6 Å². The standard InChI is InChI=1S/C11H18N2O/c1-3-11(9-12)8-10(2)13-4-6-14-7-5-13/h8,10H,3-7H2,1-2H3. The second-order valence-corrected chi connectivity index (χ2v) is 3.55. The van der Waals surface area contributed by atoms with Gasteiger partial charge in [0, 0.05) is 24.7 Å². The Kier molecular flexibility index (Phi) is 4.64. The maximum Gasteiger partial charge on any atom is 0.0944 e. The summed E-state index contributed by atoms with van der Waals surface area (Å²) >= 11 is 0. The molecule has 0 aromatic heterocycles. The minimum Gasteiger partial charge on any atom is -0.379 e. The van der Waals surface area contributed by atoms with E-state index in [1.165, 1.54) is 0 Å². The lowest BCUT2D eigenvalue weighted by molar-refractivity contribution is 0.0286. The molecule has 0 aromatic carbocycles. The van der Waals surface area contributed by atoms with Crippen molar-refractivity contribution in [1.29, 1.82) is 5.26 Å². The Morgan fingerprint density at radius 2 is 2.21 bits per heavy atom. The molecule has 0 saturated carbocycles. The van der Waals surface area contributed by atoms with Crippen molar-refractivity contribution < 1.29 is 4.74 Å². The van der Waals surface area contributed by atoms with Crippen LogP contribution in [0.25, 0.3) is 0 Å². The van der Waals surface area contributed by atoms with Gasteiger partial charge in [-0.2, -0.15) is 5.26 Å². The zero-order chi connectivity index (χ0) is 10.4. The highest BCUT2D eigenvalue weighted by molar-refractivity contribution is 5.21. The molecule has 1 heterocycles. The van der Waals surface area contributed by atoms with Crippen molar-refractivity contribution in [1.82, 2.24) is 4.90 Å². The molecule has 0 aromatic rings. The highest BCUT2D eigenvalue weighted by Gasteiger charge is 2.15. The largest absolute Gasteiger partial charge is 0.379 e. The number of nitrogens with zero attached hydrogens (tertiary/aromatic N) is 2. The molecule has 1 aliphatic rings. The number of hydrogen-bond donors (Lipinski definition) is 0. The molecule has 0 bridgehead atoms. The Morgan fingerprint density at radius 1 is 1.57 bits per heavy atom. The van der Waals surface area contributed by atoms with Crippen LogP contribution in [0.1, 0.15) is 20.3 Å². The van der Waals surface area contributed by atoms with Crippen molar-refractivity contribution in [2.24, 2.45) is 0 Å². The first-order valence-electron chi connectivity index (χ1n) is 5.20. The second-order valence-electron chi connectivity index (χ2n) is 3.55. The Morgan fingerprint density at radius 3 is 2.71 bits per heavy atom. The summed E-state index contributed by atoms with van der Waals surface area (Å²) < 4.78 is 5.28. The van der Waals surface area contributed by atoms with Gasteiger partial charge in [0.1, 0.15) is 0 Å². The molecule has 1 saturated heterocycles. The Bertz CT molecular complexity index is 236. The third-order valence-electron chi connectivity index (χ3n) is 2.59. The molecule has 78 valence electrons. The number of hydrogen-bond acceptors (Lipinski definition) is 3. The third kappa shape index (κ3) is 3.13. The van der Waals surface area contributed by atoms with Gasteiger partial charge in [-0.3, -0.25) is 4.90 Å². The van der Waals surface area contributed by atoms with E-state index in [4.69, 9.17) is 10.00 Å². The summed E-state index contributed by atoms with van der Waals surface area (Å²) in [5, 5.41) is 8.81. The molecule has 1 fully saturated rings. The maximum absolute atomic E-state index is 8.81. The molecule has 1 unspecified atom stereocenters. The van der Waals surface area contributed by atoms with Crippen molar-refractivity contribution in [3.8, 4) is 6.07 Å².